The third kappa shape index (κ3) is 2.67. The van der Waals surface area contributed by atoms with Gasteiger partial charge in [0.15, 0.2) is 0 Å². The van der Waals surface area contributed by atoms with E-state index in [9.17, 15) is 14.0 Å². The summed E-state index contributed by atoms with van der Waals surface area (Å²) in [4.78, 5) is 28.8. The number of rotatable bonds is 5. The number of nitrogens with zero attached hydrogens (tertiary/aromatic N) is 1. The third-order valence-corrected chi connectivity index (χ3v) is 5.51. The van der Waals surface area contributed by atoms with Crippen molar-refractivity contribution in [1.82, 2.24) is 14.9 Å². The monoisotopic (exact) mass is 402 g/mol. The van der Waals surface area contributed by atoms with E-state index in [0.29, 0.717) is 47.1 Å². The Balaban J connectivity index is 1.81. The molecule has 0 fully saturated rings. The van der Waals surface area contributed by atoms with Gasteiger partial charge in [-0.3, -0.25) is 14.9 Å². The second kappa shape index (κ2) is 6.96. The summed E-state index contributed by atoms with van der Waals surface area (Å²) in [5.41, 5.74) is 8.63. The second-order valence-corrected chi connectivity index (χ2v) is 7.30. The number of fused-ring (bicyclic) bond motifs is 2. The number of carbonyl (C=O) groups is 2. The Labute approximate surface area is 171 Å². The molecular formula is C23H19FN4O2. The van der Waals surface area contributed by atoms with Crippen LogP contribution in [-0.2, 0) is 16.1 Å². The van der Waals surface area contributed by atoms with Crippen LogP contribution in [0.1, 0.15) is 17.5 Å². The molecule has 2 aromatic carbocycles. The molecule has 0 aliphatic carbocycles. The minimum absolute atomic E-state index is 0.256. The van der Waals surface area contributed by atoms with Gasteiger partial charge in [0.05, 0.1) is 16.7 Å². The van der Waals surface area contributed by atoms with E-state index in [2.05, 4.69) is 10.3 Å². The predicted octanol–water partition coefficient (Wildman–Crippen LogP) is 3.18. The maximum atomic E-state index is 14.7. The molecule has 150 valence electrons. The molecule has 30 heavy (non-hydrogen) atoms. The first-order valence-corrected chi connectivity index (χ1v) is 9.74. The topological polar surface area (TPSA) is 92.9 Å². The maximum Gasteiger partial charge on any atom is 0.259 e. The number of aryl methyl sites for hydroxylation is 1. The van der Waals surface area contributed by atoms with Crippen molar-refractivity contribution < 1.29 is 14.0 Å². The lowest BCUT2D eigenvalue weighted by Gasteiger charge is -2.04. The number of benzene rings is 2. The number of para-hydroxylation sites is 2. The van der Waals surface area contributed by atoms with Crippen LogP contribution >= 0.6 is 0 Å². The Morgan fingerprint density at radius 2 is 1.67 bits per heavy atom. The maximum absolute atomic E-state index is 14.7. The molecule has 7 heteroatoms. The summed E-state index contributed by atoms with van der Waals surface area (Å²) in [5, 5.41) is 3.84. The van der Waals surface area contributed by atoms with Gasteiger partial charge in [-0.2, -0.15) is 0 Å². The van der Waals surface area contributed by atoms with Gasteiger partial charge >= 0.3 is 0 Å². The first kappa shape index (κ1) is 18.3. The summed E-state index contributed by atoms with van der Waals surface area (Å²) in [6.07, 6.45) is 4.13. The lowest BCUT2D eigenvalue weighted by atomic mass is 9.95. The number of imide groups is 1. The number of nitrogens with two attached hydrogens (primary N) is 1. The first-order chi connectivity index (χ1) is 14.6. The van der Waals surface area contributed by atoms with Crippen LogP contribution in [0.4, 0.5) is 4.39 Å². The Morgan fingerprint density at radius 1 is 0.933 bits per heavy atom. The molecule has 0 bridgehead atoms. The highest BCUT2D eigenvalue weighted by molar-refractivity contribution is 6.50. The average molecular weight is 402 g/mol. The van der Waals surface area contributed by atoms with Crippen LogP contribution in [0.5, 0.6) is 0 Å². The van der Waals surface area contributed by atoms with Crippen LogP contribution in [0.2, 0.25) is 0 Å². The molecule has 0 saturated heterocycles. The van der Waals surface area contributed by atoms with E-state index < -0.39 is 11.8 Å². The fourth-order valence-electron chi connectivity index (χ4n) is 4.20. The number of aromatic amines is 1. The average Bonchev–Trinajstić information content (AvgIpc) is 3.40. The molecule has 0 spiro atoms. The van der Waals surface area contributed by atoms with Crippen LogP contribution < -0.4 is 11.1 Å². The molecule has 3 heterocycles. The van der Waals surface area contributed by atoms with Gasteiger partial charge < -0.3 is 15.3 Å². The third-order valence-electron chi connectivity index (χ3n) is 5.51. The van der Waals surface area contributed by atoms with Crippen molar-refractivity contribution in [3.8, 4) is 0 Å². The van der Waals surface area contributed by atoms with Gasteiger partial charge in [0, 0.05) is 46.4 Å². The predicted molar refractivity (Wildman–Crippen MR) is 114 cm³/mol. The van der Waals surface area contributed by atoms with E-state index in [-0.39, 0.29) is 11.4 Å². The van der Waals surface area contributed by atoms with Crippen LogP contribution in [0.15, 0.2) is 54.9 Å². The normalized spacial score (nSPS) is 14.3. The molecule has 2 amide bonds. The summed E-state index contributed by atoms with van der Waals surface area (Å²) in [6, 6.07) is 12.3. The number of halogens is 1. The molecule has 1 aliphatic rings. The van der Waals surface area contributed by atoms with E-state index in [0.717, 1.165) is 10.9 Å². The first-order valence-electron chi connectivity index (χ1n) is 9.74. The van der Waals surface area contributed by atoms with Crippen molar-refractivity contribution in [1.29, 1.82) is 0 Å². The van der Waals surface area contributed by atoms with E-state index in [4.69, 9.17) is 5.73 Å². The van der Waals surface area contributed by atoms with Crippen molar-refractivity contribution in [2.45, 2.75) is 13.0 Å². The standard InChI is InChI=1S/C23H19FN4O2/c24-17-7-3-6-14-16(12-28(21(14)17)10-4-9-25)20-19(22(29)27-23(20)30)15-11-26-18-8-2-1-5-13(15)18/h1-3,5-8,11-12,26H,4,9-10,25H2,(H,27,29,30). The summed E-state index contributed by atoms with van der Waals surface area (Å²) < 4.78 is 16.5. The number of hydrogen-bond acceptors (Lipinski definition) is 3. The molecule has 0 radical (unpaired) electrons. The smallest absolute Gasteiger partial charge is 0.259 e. The van der Waals surface area contributed by atoms with Crippen molar-refractivity contribution >= 4 is 44.8 Å². The van der Waals surface area contributed by atoms with Gasteiger partial charge in [-0.05, 0) is 25.1 Å². The van der Waals surface area contributed by atoms with Crippen LogP contribution in [0, 0.1) is 5.82 Å². The van der Waals surface area contributed by atoms with Gasteiger partial charge in [-0.15, -0.1) is 0 Å². The zero-order chi connectivity index (χ0) is 20.8. The highest BCUT2D eigenvalue weighted by Gasteiger charge is 2.35. The molecule has 4 aromatic rings. The molecular weight excluding hydrogens is 383 g/mol. The highest BCUT2D eigenvalue weighted by Crippen LogP contribution is 2.38. The summed E-state index contributed by atoms with van der Waals surface area (Å²) in [7, 11) is 0. The molecule has 6 nitrogen and oxygen atoms in total. The van der Waals surface area contributed by atoms with E-state index in [1.165, 1.54) is 6.07 Å². The minimum atomic E-state index is -0.484. The van der Waals surface area contributed by atoms with Crippen molar-refractivity contribution in [2.75, 3.05) is 6.54 Å². The van der Waals surface area contributed by atoms with E-state index in [1.807, 2.05) is 24.3 Å². The Kier molecular flexibility index (Phi) is 4.25. The lowest BCUT2D eigenvalue weighted by Crippen LogP contribution is -2.22. The summed E-state index contributed by atoms with van der Waals surface area (Å²) in [6.45, 7) is 0.977. The second-order valence-electron chi connectivity index (χ2n) is 7.30. The summed E-state index contributed by atoms with van der Waals surface area (Å²) in [5.74, 6) is -1.32. The largest absolute Gasteiger partial charge is 0.361 e. The fraction of sp³-hybridized carbons (Fsp3) is 0.130. The summed E-state index contributed by atoms with van der Waals surface area (Å²) >= 11 is 0. The molecule has 5 rings (SSSR count). The number of amides is 2. The zero-order valence-corrected chi connectivity index (χ0v) is 16.0. The fourth-order valence-corrected chi connectivity index (χ4v) is 4.20. The lowest BCUT2D eigenvalue weighted by molar-refractivity contribution is -0.122. The van der Waals surface area contributed by atoms with Gasteiger partial charge in [-0.1, -0.05) is 30.3 Å². The van der Waals surface area contributed by atoms with Crippen LogP contribution in [0.3, 0.4) is 0 Å². The van der Waals surface area contributed by atoms with E-state index in [1.54, 1.807) is 29.1 Å². The molecule has 0 atom stereocenters. The number of hydrogen-bond donors (Lipinski definition) is 3. The Bertz CT molecular complexity index is 1360. The molecule has 2 aromatic heterocycles. The number of H-pyrrole nitrogens is 1. The Morgan fingerprint density at radius 3 is 2.47 bits per heavy atom. The van der Waals surface area contributed by atoms with Crippen molar-refractivity contribution in [2.24, 2.45) is 5.73 Å². The van der Waals surface area contributed by atoms with Gasteiger partial charge in [0.2, 0.25) is 0 Å². The molecule has 1 aliphatic heterocycles. The molecule has 4 N–H and O–H groups in total. The van der Waals surface area contributed by atoms with Gasteiger partial charge in [-0.25, -0.2) is 4.39 Å². The SMILES string of the molecule is NCCCn1cc(C2=C(c3c[nH]c4ccccc34)C(=O)NC2=O)c2cccc(F)c21. The van der Waals surface area contributed by atoms with Crippen molar-refractivity contribution in [3.05, 3.63) is 71.8 Å². The number of carbonyl (C=O) groups excluding carboxylic acids is 2. The molecule has 0 saturated carbocycles. The molecule has 0 unspecified atom stereocenters. The van der Waals surface area contributed by atoms with Gasteiger partial charge in [0.1, 0.15) is 5.82 Å². The van der Waals surface area contributed by atoms with E-state index >= 15 is 0 Å². The van der Waals surface area contributed by atoms with Crippen LogP contribution in [0.25, 0.3) is 33.0 Å². The Hall–Kier alpha value is -3.71. The number of aromatic nitrogens is 2. The zero-order valence-electron chi connectivity index (χ0n) is 16.0. The quantitative estimate of drug-likeness (QED) is 0.448. The minimum Gasteiger partial charge on any atom is -0.361 e. The van der Waals surface area contributed by atoms with Gasteiger partial charge in [0.25, 0.3) is 11.8 Å². The van der Waals surface area contributed by atoms with Crippen molar-refractivity contribution in [3.63, 3.8) is 0 Å². The van der Waals surface area contributed by atoms with Crippen LogP contribution in [-0.4, -0.2) is 27.9 Å². The number of nitrogens with one attached hydrogen (secondary N) is 2. The highest BCUT2D eigenvalue weighted by atomic mass is 19.1.